The summed E-state index contributed by atoms with van der Waals surface area (Å²) in [6.45, 7) is 9.08. The summed E-state index contributed by atoms with van der Waals surface area (Å²) in [6, 6.07) is 3.84. The molecule has 5 rings (SSSR count). The minimum atomic E-state index is 0.398. The molecule has 0 amide bonds. The van der Waals surface area contributed by atoms with Crippen LogP contribution in [0.1, 0.15) is 26.7 Å². The van der Waals surface area contributed by atoms with Crippen LogP contribution in [0.2, 0.25) is 0 Å². The molecule has 0 aromatic carbocycles. The minimum absolute atomic E-state index is 0.398. The van der Waals surface area contributed by atoms with Gasteiger partial charge in [-0.05, 0) is 47.8 Å². The van der Waals surface area contributed by atoms with E-state index in [4.69, 9.17) is 9.52 Å². The fourth-order valence-corrected chi connectivity index (χ4v) is 4.75. The number of furan rings is 1. The van der Waals surface area contributed by atoms with Gasteiger partial charge in [0, 0.05) is 5.38 Å². The number of hydrogen-bond acceptors (Lipinski definition) is 4. The first-order valence-electron chi connectivity index (χ1n) is 8.71. The van der Waals surface area contributed by atoms with Crippen molar-refractivity contribution < 1.29 is 4.42 Å². The molecule has 25 heavy (non-hydrogen) atoms. The average Bonchev–Trinajstić information content (AvgIpc) is 3.27. The van der Waals surface area contributed by atoms with Crippen molar-refractivity contribution >= 4 is 17.6 Å². The molecule has 2 aromatic heterocycles. The van der Waals surface area contributed by atoms with Gasteiger partial charge in [0.2, 0.25) is 4.80 Å². The molecular formula is C20H23N3OS. The Kier molecular flexibility index (Phi) is 4.12. The summed E-state index contributed by atoms with van der Waals surface area (Å²) in [5, 5.41) is 6.82. The second-order valence-corrected chi connectivity index (χ2v) is 8.15. The molecular weight excluding hydrogens is 330 g/mol. The van der Waals surface area contributed by atoms with Crippen molar-refractivity contribution in [2.24, 2.45) is 27.3 Å². The maximum atomic E-state index is 5.57. The zero-order valence-electron chi connectivity index (χ0n) is 14.7. The second-order valence-electron chi connectivity index (χ2n) is 7.31. The van der Waals surface area contributed by atoms with E-state index in [2.05, 4.69) is 31.5 Å². The van der Waals surface area contributed by atoms with Crippen LogP contribution in [0.4, 0.5) is 0 Å². The van der Waals surface area contributed by atoms with Crippen LogP contribution in [0.5, 0.6) is 0 Å². The zero-order chi connectivity index (χ0) is 17.4. The lowest BCUT2D eigenvalue weighted by atomic mass is 9.49. The highest BCUT2D eigenvalue weighted by molar-refractivity contribution is 7.07. The molecule has 3 aliphatic rings. The summed E-state index contributed by atoms with van der Waals surface area (Å²) in [6.07, 6.45) is 10.3. The quantitative estimate of drug-likeness (QED) is 0.566. The van der Waals surface area contributed by atoms with Gasteiger partial charge in [-0.15, -0.1) is 17.9 Å². The first-order valence-corrected chi connectivity index (χ1v) is 9.59. The molecule has 130 valence electrons. The lowest BCUT2D eigenvalue weighted by molar-refractivity contribution is -0.00126. The molecule has 2 atom stereocenters. The van der Waals surface area contributed by atoms with Crippen molar-refractivity contribution in [1.29, 1.82) is 0 Å². The van der Waals surface area contributed by atoms with Gasteiger partial charge in [0.25, 0.3) is 0 Å². The molecule has 2 bridgehead atoms. The molecule has 1 saturated carbocycles. The van der Waals surface area contributed by atoms with Crippen molar-refractivity contribution in [1.82, 2.24) is 4.68 Å². The highest BCUT2D eigenvalue weighted by Gasteiger charge is 2.50. The van der Waals surface area contributed by atoms with E-state index in [1.807, 2.05) is 28.4 Å². The topological polar surface area (TPSA) is 42.8 Å². The van der Waals surface area contributed by atoms with E-state index in [0.29, 0.717) is 17.9 Å². The Balaban J connectivity index is 1.71. The molecule has 3 aliphatic carbocycles. The fraction of sp³-hybridized carbons (Fsp3) is 0.400. The highest BCUT2D eigenvalue weighted by Crippen LogP contribution is 2.58. The summed E-state index contributed by atoms with van der Waals surface area (Å²) in [5.41, 5.74) is 2.68. The third kappa shape index (κ3) is 2.76. The van der Waals surface area contributed by atoms with Gasteiger partial charge in [0.15, 0.2) is 5.76 Å². The Bertz CT molecular complexity index is 896. The number of aromatic nitrogens is 1. The Labute approximate surface area is 151 Å². The summed E-state index contributed by atoms with van der Waals surface area (Å²) in [7, 11) is 0. The van der Waals surface area contributed by atoms with E-state index < -0.39 is 0 Å². The number of allylic oxidation sites excluding steroid dienone is 2. The van der Waals surface area contributed by atoms with Gasteiger partial charge in [-0.3, -0.25) is 4.99 Å². The third-order valence-electron chi connectivity index (χ3n) is 5.65. The minimum Gasteiger partial charge on any atom is -0.463 e. The number of nitrogens with zero attached hydrogens (tertiary/aromatic N) is 3. The van der Waals surface area contributed by atoms with Gasteiger partial charge >= 0.3 is 0 Å². The summed E-state index contributed by atoms with van der Waals surface area (Å²) >= 11 is 1.57. The molecule has 5 heteroatoms. The lowest BCUT2D eigenvalue weighted by Gasteiger charge is -2.55. The van der Waals surface area contributed by atoms with E-state index in [0.717, 1.165) is 28.6 Å². The normalized spacial score (nSPS) is 25.0. The molecule has 0 N–H and O–H groups in total. The maximum Gasteiger partial charge on any atom is 0.206 e. The number of thiazole rings is 1. The van der Waals surface area contributed by atoms with E-state index in [1.54, 1.807) is 23.7 Å². The van der Waals surface area contributed by atoms with Gasteiger partial charge in [0.1, 0.15) is 5.69 Å². The van der Waals surface area contributed by atoms with Crippen molar-refractivity contribution in [2.45, 2.75) is 26.7 Å². The summed E-state index contributed by atoms with van der Waals surface area (Å²) in [5.74, 6) is 2.25. The van der Waals surface area contributed by atoms with Crippen molar-refractivity contribution in [3.8, 4) is 11.5 Å². The van der Waals surface area contributed by atoms with Gasteiger partial charge in [0.05, 0.1) is 19.0 Å². The second kappa shape index (κ2) is 6.30. The molecule has 2 heterocycles. The molecule has 2 aromatic rings. The lowest BCUT2D eigenvalue weighted by Crippen LogP contribution is -2.48. The van der Waals surface area contributed by atoms with Crippen LogP contribution in [-0.4, -0.2) is 17.4 Å². The van der Waals surface area contributed by atoms with Crippen LogP contribution in [0.15, 0.2) is 62.6 Å². The van der Waals surface area contributed by atoms with Gasteiger partial charge in [-0.1, -0.05) is 26.0 Å². The molecule has 0 unspecified atom stereocenters. The van der Waals surface area contributed by atoms with Crippen molar-refractivity contribution in [3.05, 3.63) is 52.9 Å². The van der Waals surface area contributed by atoms with Gasteiger partial charge < -0.3 is 4.42 Å². The maximum absolute atomic E-state index is 5.57. The fourth-order valence-electron chi connectivity index (χ4n) is 3.93. The van der Waals surface area contributed by atoms with Crippen LogP contribution in [0.25, 0.3) is 11.5 Å². The van der Waals surface area contributed by atoms with Gasteiger partial charge in [-0.25, -0.2) is 4.68 Å². The largest absolute Gasteiger partial charge is 0.463 e. The SMILES string of the molecule is C=CCN=c1scc(-c2ccco2)n1/N=C\C1=CC[C@@H]2C[C@H]1C2(C)C. The first kappa shape index (κ1) is 16.3. The summed E-state index contributed by atoms with van der Waals surface area (Å²) < 4.78 is 7.45. The number of fused-ring (bicyclic) bond motifs is 1. The molecule has 0 spiro atoms. The number of hydrogen-bond donors (Lipinski definition) is 0. The predicted molar refractivity (Wildman–Crippen MR) is 103 cm³/mol. The molecule has 4 nitrogen and oxygen atoms in total. The van der Waals surface area contributed by atoms with Crippen LogP contribution >= 0.6 is 11.3 Å². The Morgan fingerprint density at radius 3 is 3.04 bits per heavy atom. The first-order chi connectivity index (χ1) is 12.1. The van der Waals surface area contributed by atoms with Crippen molar-refractivity contribution in [2.75, 3.05) is 6.54 Å². The van der Waals surface area contributed by atoms with E-state index in [9.17, 15) is 0 Å². The Morgan fingerprint density at radius 1 is 1.48 bits per heavy atom. The predicted octanol–water partition coefficient (Wildman–Crippen LogP) is 4.72. The molecule has 1 fully saturated rings. The number of rotatable bonds is 5. The molecule has 0 saturated heterocycles. The van der Waals surface area contributed by atoms with E-state index in [1.165, 1.54) is 12.0 Å². The molecule has 0 radical (unpaired) electrons. The Hall–Kier alpha value is -2.14. The van der Waals surface area contributed by atoms with Crippen molar-refractivity contribution in [3.63, 3.8) is 0 Å². The molecule has 0 aliphatic heterocycles. The van der Waals surface area contributed by atoms with Crippen LogP contribution < -0.4 is 4.80 Å². The highest BCUT2D eigenvalue weighted by atomic mass is 32.1. The Morgan fingerprint density at radius 2 is 2.36 bits per heavy atom. The zero-order valence-corrected chi connectivity index (χ0v) is 15.5. The van der Waals surface area contributed by atoms with E-state index in [-0.39, 0.29) is 0 Å². The smallest absolute Gasteiger partial charge is 0.206 e. The average molecular weight is 353 g/mol. The van der Waals surface area contributed by atoms with Crippen LogP contribution in [0.3, 0.4) is 0 Å². The van der Waals surface area contributed by atoms with Gasteiger partial charge in [-0.2, -0.15) is 5.10 Å². The third-order valence-corrected chi connectivity index (χ3v) is 6.50. The summed E-state index contributed by atoms with van der Waals surface area (Å²) in [4.78, 5) is 5.42. The monoisotopic (exact) mass is 353 g/mol. The standard InChI is InChI=1S/C20H23N3OS/c1-4-9-21-19-23(17(13-25-19)18-6-5-10-24-18)22-12-14-7-8-15-11-16(14)20(15,2)3/h4-7,10,12-13,15-16H,1,8-9,11H2,2-3H3/b21-19?,22-12-/t15-,16-/m1/s1. The van der Waals surface area contributed by atoms with E-state index >= 15 is 0 Å². The van der Waals surface area contributed by atoms with Crippen LogP contribution in [-0.2, 0) is 0 Å². The van der Waals surface area contributed by atoms with Crippen LogP contribution in [0, 0.1) is 17.3 Å².